The molecule has 0 spiro atoms. The maximum Gasteiger partial charge on any atom is 0.126 e. The number of hydrogen-bond donors (Lipinski definition) is 0. The summed E-state index contributed by atoms with van der Waals surface area (Å²) in [4.78, 5) is 2.23. The van der Waals surface area contributed by atoms with Crippen molar-refractivity contribution in [2.24, 2.45) is 0 Å². The first-order valence-electron chi connectivity index (χ1n) is 4.99. The van der Waals surface area contributed by atoms with E-state index in [1.807, 2.05) is 11.8 Å². The summed E-state index contributed by atoms with van der Waals surface area (Å²) in [5.74, 6) is 1.24. The van der Waals surface area contributed by atoms with Crippen molar-refractivity contribution in [2.75, 3.05) is 24.6 Å². The van der Waals surface area contributed by atoms with Crippen molar-refractivity contribution in [1.29, 1.82) is 0 Å². The fourth-order valence-electron chi connectivity index (χ4n) is 1.72. The minimum atomic E-state index is -0.489. The minimum Gasteiger partial charge on any atom is -0.297 e. The average molecular weight is 229 g/mol. The molecule has 1 fully saturated rings. The van der Waals surface area contributed by atoms with E-state index in [9.17, 15) is 8.78 Å². The molecule has 15 heavy (non-hydrogen) atoms. The fraction of sp³-hybridized carbons (Fsp3) is 0.455. The summed E-state index contributed by atoms with van der Waals surface area (Å²) in [5.41, 5.74) is 0.722. The van der Waals surface area contributed by atoms with Gasteiger partial charge in [-0.2, -0.15) is 11.8 Å². The zero-order valence-electron chi connectivity index (χ0n) is 8.38. The number of benzene rings is 1. The highest BCUT2D eigenvalue weighted by atomic mass is 32.2. The summed E-state index contributed by atoms with van der Waals surface area (Å²) in [7, 11) is 0. The van der Waals surface area contributed by atoms with E-state index in [2.05, 4.69) is 4.90 Å². The van der Waals surface area contributed by atoms with Crippen LogP contribution in [0.25, 0.3) is 0 Å². The molecule has 0 aromatic heterocycles. The van der Waals surface area contributed by atoms with Gasteiger partial charge in [-0.05, 0) is 17.7 Å². The van der Waals surface area contributed by atoms with Gasteiger partial charge in [0.15, 0.2) is 0 Å². The summed E-state index contributed by atoms with van der Waals surface area (Å²) in [6.07, 6.45) is 0. The second-order valence-corrected chi connectivity index (χ2v) is 4.89. The van der Waals surface area contributed by atoms with Gasteiger partial charge in [0, 0.05) is 37.2 Å². The third kappa shape index (κ3) is 3.18. The second kappa shape index (κ2) is 4.94. The molecule has 1 aromatic rings. The van der Waals surface area contributed by atoms with Gasteiger partial charge >= 0.3 is 0 Å². The monoisotopic (exact) mass is 229 g/mol. The van der Waals surface area contributed by atoms with Crippen LogP contribution in [-0.4, -0.2) is 29.5 Å². The molecule has 0 bridgehead atoms. The van der Waals surface area contributed by atoms with Crippen molar-refractivity contribution in [3.05, 3.63) is 35.4 Å². The molecule has 1 aliphatic heterocycles. The van der Waals surface area contributed by atoms with Crippen LogP contribution >= 0.6 is 11.8 Å². The van der Waals surface area contributed by atoms with Crippen molar-refractivity contribution in [1.82, 2.24) is 4.90 Å². The van der Waals surface area contributed by atoms with E-state index in [0.717, 1.165) is 36.2 Å². The van der Waals surface area contributed by atoms with Gasteiger partial charge in [0.25, 0.3) is 0 Å². The smallest absolute Gasteiger partial charge is 0.126 e. The first-order valence-corrected chi connectivity index (χ1v) is 6.14. The predicted octanol–water partition coefficient (Wildman–Crippen LogP) is 2.51. The Morgan fingerprint density at radius 3 is 2.27 bits per heavy atom. The molecule has 1 aromatic carbocycles. The highest BCUT2D eigenvalue weighted by molar-refractivity contribution is 7.99. The molecule has 82 valence electrons. The molecule has 0 saturated carbocycles. The molecule has 0 aliphatic carbocycles. The molecule has 0 amide bonds. The zero-order valence-corrected chi connectivity index (χ0v) is 9.20. The van der Waals surface area contributed by atoms with E-state index < -0.39 is 11.6 Å². The third-order valence-electron chi connectivity index (χ3n) is 2.43. The number of hydrogen-bond acceptors (Lipinski definition) is 2. The molecule has 1 nitrogen and oxygen atoms in total. The lowest BCUT2D eigenvalue weighted by molar-refractivity contribution is 0.293. The van der Waals surface area contributed by atoms with Gasteiger partial charge in [-0.25, -0.2) is 8.78 Å². The Bertz CT molecular complexity index is 317. The van der Waals surface area contributed by atoms with Crippen LogP contribution in [0.3, 0.4) is 0 Å². The van der Waals surface area contributed by atoms with Crippen LogP contribution in [0.2, 0.25) is 0 Å². The van der Waals surface area contributed by atoms with Crippen LogP contribution in [0.4, 0.5) is 8.78 Å². The van der Waals surface area contributed by atoms with Crippen LogP contribution in [0, 0.1) is 11.6 Å². The number of halogens is 2. The molecule has 0 N–H and O–H groups in total. The summed E-state index contributed by atoms with van der Waals surface area (Å²) >= 11 is 1.93. The first kappa shape index (κ1) is 10.9. The molecule has 2 rings (SSSR count). The number of thioether (sulfide) groups is 1. The number of rotatable bonds is 2. The van der Waals surface area contributed by atoms with E-state index >= 15 is 0 Å². The summed E-state index contributed by atoms with van der Waals surface area (Å²) in [5, 5.41) is 0. The molecular weight excluding hydrogens is 216 g/mol. The van der Waals surface area contributed by atoms with Crippen LogP contribution in [0.5, 0.6) is 0 Å². The molecule has 0 radical (unpaired) electrons. The normalized spacial score (nSPS) is 18.0. The molecular formula is C11H13F2NS. The van der Waals surface area contributed by atoms with Crippen molar-refractivity contribution < 1.29 is 8.78 Å². The molecule has 1 heterocycles. The van der Waals surface area contributed by atoms with Crippen molar-refractivity contribution in [3.8, 4) is 0 Å². The summed E-state index contributed by atoms with van der Waals surface area (Å²) in [6.45, 7) is 2.65. The Labute approximate surface area is 92.5 Å². The zero-order chi connectivity index (χ0) is 10.7. The predicted molar refractivity (Wildman–Crippen MR) is 59.0 cm³/mol. The Morgan fingerprint density at radius 2 is 1.67 bits per heavy atom. The quantitative estimate of drug-likeness (QED) is 0.766. The molecule has 0 atom stereocenters. The van der Waals surface area contributed by atoms with Crippen LogP contribution < -0.4 is 0 Å². The highest BCUT2D eigenvalue weighted by Crippen LogP contribution is 2.14. The van der Waals surface area contributed by atoms with Gasteiger partial charge in [-0.3, -0.25) is 4.90 Å². The fourth-order valence-corrected chi connectivity index (χ4v) is 2.70. The molecule has 4 heteroatoms. The Hall–Kier alpha value is -0.610. The van der Waals surface area contributed by atoms with E-state index in [4.69, 9.17) is 0 Å². The summed E-state index contributed by atoms with van der Waals surface area (Å²) in [6, 6.07) is 3.73. The van der Waals surface area contributed by atoms with Gasteiger partial charge in [-0.15, -0.1) is 0 Å². The summed E-state index contributed by atoms with van der Waals surface area (Å²) < 4.78 is 25.8. The minimum absolute atomic E-state index is 0.489. The van der Waals surface area contributed by atoms with Gasteiger partial charge < -0.3 is 0 Å². The van der Waals surface area contributed by atoms with Crippen LogP contribution in [0.1, 0.15) is 5.56 Å². The van der Waals surface area contributed by atoms with E-state index in [-0.39, 0.29) is 0 Å². The van der Waals surface area contributed by atoms with Gasteiger partial charge in [-0.1, -0.05) is 0 Å². The maximum absolute atomic E-state index is 12.9. The van der Waals surface area contributed by atoms with E-state index in [1.54, 1.807) is 0 Å². The SMILES string of the molecule is Fc1cc(F)cc(CN2CCSCC2)c1. The van der Waals surface area contributed by atoms with Gasteiger partial charge in [0.05, 0.1) is 0 Å². The largest absolute Gasteiger partial charge is 0.297 e. The highest BCUT2D eigenvalue weighted by Gasteiger charge is 2.11. The lowest BCUT2D eigenvalue weighted by Crippen LogP contribution is -2.32. The first-order chi connectivity index (χ1) is 7.24. The number of nitrogens with zero attached hydrogens (tertiary/aromatic N) is 1. The molecule has 1 aliphatic rings. The van der Waals surface area contributed by atoms with Gasteiger partial charge in [0.2, 0.25) is 0 Å². The average Bonchev–Trinajstić information content (AvgIpc) is 2.17. The maximum atomic E-state index is 12.9. The Balaban J connectivity index is 2.02. The van der Waals surface area contributed by atoms with Crippen LogP contribution in [0.15, 0.2) is 18.2 Å². The van der Waals surface area contributed by atoms with Crippen LogP contribution in [-0.2, 0) is 6.54 Å². The molecule has 1 saturated heterocycles. The third-order valence-corrected chi connectivity index (χ3v) is 3.37. The Morgan fingerprint density at radius 1 is 1.07 bits per heavy atom. The van der Waals surface area contributed by atoms with Gasteiger partial charge in [0.1, 0.15) is 11.6 Å². The lowest BCUT2D eigenvalue weighted by atomic mass is 10.2. The molecule has 0 unspecified atom stereocenters. The van der Waals surface area contributed by atoms with Crippen molar-refractivity contribution >= 4 is 11.8 Å². The topological polar surface area (TPSA) is 3.24 Å². The second-order valence-electron chi connectivity index (χ2n) is 3.67. The lowest BCUT2D eigenvalue weighted by Gasteiger charge is -2.26. The van der Waals surface area contributed by atoms with Crippen molar-refractivity contribution in [2.45, 2.75) is 6.54 Å². The van der Waals surface area contributed by atoms with E-state index in [0.29, 0.717) is 6.54 Å². The van der Waals surface area contributed by atoms with E-state index in [1.165, 1.54) is 12.1 Å². The Kier molecular flexibility index (Phi) is 3.59. The van der Waals surface area contributed by atoms with Crippen molar-refractivity contribution in [3.63, 3.8) is 0 Å². The standard InChI is InChI=1S/C11H13F2NS/c12-10-5-9(6-11(13)7-10)8-14-1-3-15-4-2-14/h5-7H,1-4,8H2.